The average molecular weight is 326 g/mol. The Balaban J connectivity index is 3.33. The molecule has 0 amide bonds. The van der Waals surface area contributed by atoms with Crippen LogP contribution in [0.5, 0.6) is 0 Å². The largest absolute Gasteiger partial charge is 0.465 e. The van der Waals surface area contributed by atoms with Crippen molar-refractivity contribution in [3.05, 3.63) is 27.7 Å². The predicted octanol–water partition coefficient (Wildman–Crippen LogP) is 3.05. The number of benzene rings is 1. The molecule has 1 rings (SSSR count). The molecular formula is C13H16BrNO2Si. The first-order chi connectivity index (χ1) is 8.24. The Labute approximate surface area is 117 Å². The van der Waals surface area contributed by atoms with Gasteiger partial charge in [-0.2, -0.15) is 0 Å². The van der Waals surface area contributed by atoms with Crippen LogP contribution in [-0.2, 0) is 4.74 Å². The Morgan fingerprint density at radius 3 is 2.50 bits per heavy atom. The third kappa shape index (κ3) is 3.90. The first-order valence-electron chi connectivity index (χ1n) is 5.45. The molecule has 5 heteroatoms. The van der Waals surface area contributed by atoms with E-state index < -0.39 is 14.0 Å². The maximum atomic E-state index is 11.6. The molecule has 0 saturated heterocycles. The van der Waals surface area contributed by atoms with E-state index in [1.807, 2.05) is 6.07 Å². The van der Waals surface area contributed by atoms with Crippen molar-refractivity contribution in [2.45, 2.75) is 19.6 Å². The molecule has 96 valence electrons. The van der Waals surface area contributed by atoms with Crippen molar-refractivity contribution in [2.24, 2.45) is 0 Å². The molecule has 0 aromatic heterocycles. The van der Waals surface area contributed by atoms with Gasteiger partial charge in [0.1, 0.15) is 8.07 Å². The second-order valence-electron chi connectivity index (χ2n) is 4.91. The highest BCUT2D eigenvalue weighted by atomic mass is 79.9. The first kappa shape index (κ1) is 14.8. The topological polar surface area (TPSA) is 52.3 Å². The van der Waals surface area contributed by atoms with Gasteiger partial charge in [-0.15, -0.1) is 5.54 Å². The minimum absolute atomic E-state index is 0.340. The zero-order chi connectivity index (χ0) is 13.9. The van der Waals surface area contributed by atoms with Crippen LogP contribution in [0.2, 0.25) is 19.6 Å². The van der Waals surface area contributed by atoms with E-state index in [0.29, 0.717) is 16.8 Å². The van der Waals surface area contributed by atoms with E-state index in [9.17, 15) is 4.79 Å². The zero-order valence-electron chi connectivity index (χ0n) is 10.9. The summed E-state index contributed by atoms with van der Waals surface area (Å²) in [6.45, 7) is 6.44. The van der Waals surface area contributed by atoms with Crippen LogP contribution in [0.3, 0.4) is 0 Å². The fourth-order valence-electron chi connectivity index (χ4n) is 1.26. The maximum Gasteiger partial charge on any atom is 0.340 e. The van der Waals surface area contributed by atoms with E-state index in [1.54, 1.807) is 6.07 Å². The van der Waals surface area contributed by atoms with Gasteiger partial charge in [-0.3, -0.25) is 0 Å². The van der Waals surface area contributed by atoms with Crippen LogP contribution in [0.25, 0.3) is 0 Å². The smallest absolute Gasteiger partial charge is 0.340 e. The van der Waals surface area contributed by atoms with Crippen molar-refractivity contribution in [2.75, 3.05) is 12.8 Å². The molecule has 0 aliphatic heterocycles. The molecule has 0 bridgehead atoms. The number of anilines is 1. The standard InChI is InChI=1S/C13H16BrNO2Si/c1-17-13(16)11-8-10(14)7-9(12(11)15)5-6-18(2,3)4/h7-8H,15H2,1-4H3. The summed E-state index contributed by atoms with van der Waals surface area (Å²) in [5.74, 6) is 2.61. The number of hydrogen-bond donors (Lipinski definition) is 1. The van der Waals surface area contributed by atoms with Crippen molar-refractivity contribution in [1.29, 1.82) is 0 Å². The molecule has 0 heterocycles. The minimum Gasteiger partial charge on any atom is -0.465 e. The first-order valence-corrected chi connectivity index (χ1v) is 9.74. The quantitative estimate of drug-likeness (QED) is 0.373. The monoisotopic (exact) mass is 325 g/mol. The maximum absolute atomic E-state index is 11.6. The average Bonchev–Trinajstić information content (AvgIpc) is 2.27. The summed E-state index contributed by atoms with van der Waals surface area (Å²) in [6.07, 6.45) is 0. The van der Waals surface area contributed by atoms with Crippen LogP contribution in [0.15, 0.2) is 16.6 Å². The fraction of sp³-hybridized carbons (Fsp3) is 0.308. The van der Waals surface area contributed by atoms with Crippen LogP contribution in [-0.4, -0.2) is 21.2 Å². The lowest BCUT2D eigenvalue weighted by Gasteiger charge is -2.08. The number of halogens is 1. The molecule has 0 unspecified atom stereocenters. The summed E-state index contributed by atoms with van der Waals surface area (Å²) in [5, 5.41) is 0. The second-order valence-corrected chi connectivity index (χ2v) is 10.6. The van der Waals surface area contributed by atoms with Crippen LogP contribution < -0.4 is 5.73 Å². The number of nitrogen functional groups attached to an aromatic ring is 1. The van der Waals surface area contributed by atoms with Crippen molar-refractivity contribution in [3.8, 4) is 11.5 Å². The van der Waals surface area contributed by atoms with Gasteiger partial charge in [0, 0.05) is 10.0 Å². The Hall–Kier alpha value is -1.25. The van der Waals surface area contributed by atoms with Crippen molar-refractivity contribution in [1.82, 2.24) is 0 Å². The molecule has 0 aliphatic rings. The third-order valence-corrected chi connectivity index (χ3v) is 3.46. The van der Waals surface area contributed by atoms with E-state index in [-0.39, 0.29) is 0 Å². The molecule has 1 aromatic carbocycles. The number of carbonyl (C=O) groups excluding carboxylic acids is 1. The third-order valence-electron chi connectivity index (χ3n) is 2.12. The number of ether oxygens (including phenoxy) is 1. The molecule has 18 heavy (non-hydrogen) atoms. The normalized spacial score (nSPS) is 10.5. The Bertz CT molecular complexity index is 538. The zero-order valence-corrected chi connectivity index (χ0v) is 13.5. The Morgan fingerprint density at radius 2 is 2.00 bits per heavy atom. The van der Waals surface area contributed by atoms with Gasteiger partial charge in [-0.25, -0.2) is 4.79 Å². The summed E-state index contributed by atoms with van der Waals surface area (Å²) >= 11 is 3.35. The molecule has 1 aromatic rings. The van der Waals surface area contributed by atoms with Gasteiger partial charge >= 0.3 is 5.97 Å². The number of esters is 1. The number of carbonyl (C=O) groups is 1. The van der Waals surface area contributed by atoms with Crippen LogP contribution in [0.1, 0.15) is 15.9 Å². The van der Waals surface area contributed by atoms with E-state index in [0.717, 1.165) is 4.47 Å². The van der Waals surface area contributed by atoms with Crippen molar-refractivity contribution >= 4 is 35.7 Å². The molecule has 0 spiro atoms. The van der Waals surface area contributed by atoms with Gasteiger partial charge in [0.2, 0.25) is 0 Å². The van der Waals surface area contributed by atoms with E-state index in [4.69, 9.17) is 10.5 Å². The SMILES string of the molecule is COC(=O)c1cc(Br)cc(C#C[Si](C)(C)C)c1N. The highest BCUT2D eigenvalue weighted by Gasteiger charge is 2.14. The number of hydrogen-bond acceptors (Lipinski definition) is 3. The van der Waals surface area contributed by atoms with E-state index in [1.165, 1.54) is 7.11 Å². The molecule has 2 N–H and O–H groups in total. The summed E-state index contributed by atoms with van der Waals surface area (Å²) in [5.41, 5.74) is 10.5. The van der Waals surface area contributed by atoms with Gasteiger partial charge in [0.05, 0.1) is 18.4 Å². The predicted molar refractivity (Wildman–Crippen MR) is 80.1 cm³/mol. The van der Waals surface area contributed by atoms with Gasteiger partial charge in [-0.05, 0) is 12.1 Å². The number of nitrogens with two attached hydrogens (primary N) is 1. The van der Waals surface area contributed by atoms with Crippen molar-refractivity contribution in [3.63, 3.8) is 0 Å². The summed E-state index contributed by atoms with van der Waals surface area (Å²) in [4.78, 5) is 11.6. The highest BCUT2D eigenvalue weighted by Crippen LogP contribution is 2.24. The summed E-state index contributed by atoms with van der Waals surface area (Å²) < 4.78 is 5.45. The van der Waals surface area contributed by atoms with E-state index in [2.05, 4.69) is 47.0 Å². The van der Waals surface area contributed by atoms with Gasteiger partial charge < -0.3 is 10.5 Å². The molecule has 0 saturated carbocycles. The van der Waals surface area contributed by atoms with E-state index >= 15 is 0 Å². The molecule has 3 nitrogen and oxygen atoms in total. The van der Waals surface area contributed by atoms with Gasteiger partial charge in [0.15, 0.2) is 0 Å². The number of methoxy groups -OCH3 is 1. The van der Waals surface area contributed by atoms with Crippen molar-refractivity contribution < 1.29 is 9.53 Å². The van der Waals surface area contributed by atoms with Crippen LogP contribution >= 0.6 is 15.9 Å². The number of rotatable bonds is 1. The summed E-state index contributed by atoms with van der Waals surface area (Å²) in [6, 6.07) is 3.45. The lowest BCUT2D eigenvalue weighted by molar-refractivity contribution is 0.0602. The molecule has 0 fully saturated rings. The van der Waals surface area contributed by atoms with Crippen LogP contribution in [0, 0.1) is 11.5 Å². The van der Waals surface area contributed by atoms with Gasteiger partial charge in [0.25, 0.3) is 0 Å². The molecular weight excluding hydrogens is 310 g/mol. The highest BCUT2D eigenvalue weighted by molar-refractivity contribution is 9.10. The second kappa shape index (κ2) is 5.59. The lowest BCUT2D eigenvalue weighted by Crippen LogP contribution is -2.16. The fourth-order valence-corrected chi connectivity index (χ4v) is 2.22. The lowest BCUT2D eigenvalue weighted by atomic mass is 10.1. The molecule has 0 radical (unpaired) electrons. The minimum atomic E-state index is -1.48. The molecule has 0 atom stereocenters. The van der Waals surface area contributed by atoms with Gasteiger partial charge in [-0.1, -0.05) is 41.5 Å². The molecule has 0 aliphatic carbocycles. The Morgan fingerprint density at radius 1 is 1.39 bits per heavy atom. The Kier molecular flexibility index (Phi) is 4.60. The summed E-state index contributed by atoms with van der Waals surface area (Å²) in [7, 11) is -0.152. The van der Waals surface area contributed by atoms with Crippen LogP contribution in [0.4, 0.5) is 5.69 Å².